The number of fused-ring (bicyclic) bond motifs is 2. The van der Waals surface area contributed by atoms with Crippen molar-refractivity contribution >= 4 is 50.3 Å². The van der Waals surface area contributed by atoms with Crippen molar-refractivity contribution in [3.8, 4) is 5.75 Å². The van der Waals surface area contributed by atoms with Gasteiger partial charge in [-0.3, -0.25) is 9.69 Å². The number of ether oxygens (including phenoxy) is 1. The lowest BCUT2D eigenvalue weighted by molar-refractivity contribution is 0.251. The Bertz CT molecular complexity index is 1280. The number of methoxy groups -OCH3 is 1. The third-order valence-electron chi connectivity index (χ3n) is 6.49. The molecule has 174 valence electrons. The van der Waals surface area contributed by atoms with Gasteiger partial charge < -0.3 is 14.2 Å². The number of aryl methyl sites for hydroxylation is 1. The summed E-state index contributed by atoms with van der Waals surface area (Å²) >= 11 is 1.81. The van der Waals surface area contributed by atoms with E-state index in [1.54, 1.807) is 7.11 Å². The number of rotatable bonds is 7. The van der Waals surface area contributed by atoms with Crippen molar-refractivity contribution in [2.75, 3.05) is 44.7 Å². The number of piperazine rings is 1. The number of benzene rings is 2. The SMILES string of the molecule is COc1ccc2ccn(CCCCN3CCN(c4cccc5sccc45)CC3)c(=O)c2c1.Cl. The molecular formula is C26H30ClN3O2S. The minimum Gasteiger partial charge on any atom is -0.497 e. The third kappa shape index (κ3) is 5.03. The van der Waals surface area contributed by atoms with Crippen LogP contribution in [0, 0.1) is 0 Å². The summed E-state index contributed by atoms with van der Waals surface area (Å²) in [6.07, 6.45) is 4.02. The Morgan fingerprint density at radius 3 is 2.58 bits per heavy atom. The van der Waals surface area contributed by atoms with Gasteiger partial charge in [0, 0.05) is 54.7 Å². The molecule has 3 heterocycles. The lowest BCUT2D eigenvalue weighted by atomic mass is 10.1. The van der Waals surface area contributed by atoms with Gasteiger partial charge >= 0.3 is 0 Å². The van der Waals surface area contributed by atoms with Crippen LogP contribution in [0.3, 0.4) is 0 Å². The topological polar surface area (TPSA) is 37.7 Å². The Kier molecular flexibility index (Phi) is 7.58. The van der Waals surface area contributed by atoms with Crippen LogP contribution in [0.5, 0.6) is 5.75 Å². The molecule has 0 bridgehead atoms. The number of thiophene rings is 1. The van der Waals surface area contributed by atoms with Gasteiger partial charge in [0.05, 0.1) is 12.5 Å². The fourth-order valence-corrected chi connectivity index (χ4v) is 5.45. The fraction of sp³-hybridized carbons (Fsp3) is 0.346. The molecule has 2 aromatic carbocycles. The molecule has 0 aliphatic carbocycles. The third-order valence-corrected chi connectivity index (χ3v) is 7.38. The molecule has 0 amide bonds. The van der Waals surface area contributed by atoms with E-state index in [1.165, 1.54) is 15.8 Å². The number of halogens is 1. The van der Waals surface area contributed by atoms with Crippen molar-refractivity contribution in [2.24, 2.45) is 0 Å². The molecule has 0 saturated carbocycles. The van der Waals surface area contributed by atoms with Crippen LogP contribution >= 0.6 is 23.7 Å². The molecule has 33 heavy (non-hydrogen) atoms. The fourth-order valence-electron chi connectivity index (χ4n) is 4.65. The van der Waals surface area contributed by atoms with E-state index < -0.39 is 0 Å². The number of hydrogen-bond acceptors (Lipinski definition) is 5. The summed E-state index contributed by atoms with van der Waals surface area (Å²) in [7, 11) is 1.63. The molecule has 1 fully saturated rings. The second-order valence-electron chi connectivity index (χ2n) is 8.41. The van der Waals surface area contributed by atoms with Gasteiger partial charge in [-0.05, 0) is 66.6 Å². The first kappa shape index (κ1) is 23.6. The number of aromatic nitrogens is 1. The van der Waals surface area contributed by atoms with Crippen LogP contribution in [-0.2, 0) is 6.54 Å². The van der Waals surface area contributed by atoms with Crippen molar-refractivity contribution in [2.45, 2.75) is 19.4 Å². The van der Waals surface area contributed by atoms with Crippen LogP contribution in [0.4, 0.5) is 5.69 Å². The molecule has 1 aliphatic heterocycles. The smallest absolute Gasteiger partial charge is 0.258 e. The first-order chi connectivity index (χ1) is 15.7. The van der Waals surface area contributed by atoms with Gasteiger partial charge in [0.15, 0.2) is 0 Å². The Morgan fingerprint density at radius 1 is 0.939 bits per heavy atom. The summed E-state index contributed by atoms with van der Waals surface area (Å²) < 4.78 is 8.48. The monoisotopic (exact) mass is 483 g/mol. The van der Waals surface area contributed by atoms with E-state index in [-0.39, 0.29) is 18.0 Å². The van der Waals surface area contributed by atoms with Gasteiger partial charge in [-0.2, -0.15) is 0 Å². The highest BCUT2D eigenvalue weighted by atomic mass is 35.5. The molecule has 0 radical (unpaired) electrons. The van der Waals surface area contributed by atoms with Gasteiger partial charge in [-0.15, -0.1) is 23.7 Å². The number of anilines is 1. The zero-order valence-electron chi connectivity index (χ0n) is 18.9. The summed E-state index contributed by atoms with van der Waals surface area (Å²) in [4.78, 5) is 17.9. The van der Waals surface area contributed by atoms with E-state index in [0.717, 1.165) is 68.6 Å². The molecule has 0 N–H and O–H groups in total. The Balaban J connectivity index is 0.00000259. The van der Waals surface area contributed by atoms with Gasteiger partial charge in [0.2, 0.25) is 0 Å². The molecule has 1 saturated heterocycles. The van der Waals surface area contributed by atoms with Crippen LogP contribution in [-0.4, -0.2) is 49.3 Å². The molecule has 0 unspecified atom stereocenters. The molecule has 2 aromatic heterocycles. The number of pyridine rings is 1. The van der Waals surface area contributed by atoms with Crippen LogP contribution < -0.4 is 15.2 Å². The van der Waals surface area contributed by atoms with E-state index in [4.69, 9.17) is 4.74 Å². The normalized spacial score (nSPS) is 14.5. The van der Waals surface area contributed by atoms with Gasteiger partial charge in [-0.1, -0.05) is 12.1 Å². The van der Waals surface area contributed by atoms with Crippen LogP contribution in [0.2, 0.25) is 0 Å². The van der Waals surface area contributed by atoms with Crippen LogP contribution in [0.25, 0.3) is 20.9 Å². The molecule has 4 aromatic rings. The summed E-state index contributed by atoms with van der Waals surface area (Å²) in [5.41, 5.74) is 1.44. The van der Waals surface area contributed by atoms with Crippen LogP contribution in [0.15, 0.2) is 64.9 Å². The van der Waals surface area contributed by atoms with Crippen molar-refractivity contribution < 1.29 is 4.74 Å². The summed E-state index contributed by atoms with van der Waals surface area (Å²) in [5, 5.41) is 5.25. The summed E-state index contributed by atoms with van der Waals surface area (Å²) in [5.74, 6) is 0.724. The maximum atomic E-state index is 12.8. The van der Waals surface area contributed by atoms with E-state index in [2.05, 4.69) is 39.4 Å². The lowest BCUT2D eigenvalue weighted by Gasteiger charge is -2.36. The molecule has 0 atom stereocenters. The van der Waals surface area contributed by atoms with Gasteiger partial charge in [0.25, 0.3) is 5.56 Å². The lowest BCUT2D eigenvalue weighted by Crippen LogP contribution is -2.46. The predicted molar refractivity (Wildman–Crippen MR) is 142 cm³/mol. The Morgan fingerprint density at radius 2 is 1.76 bits per heavy atom. The highest BCUT2D eigenvalue weighted by Gasteiger charge is 2.18. The first-order valence-corrected chi connectivity index (χ1v) is 12.2. The van der Waals surface area contributed by atoms with Crippen molar-refractivity contribution in [3.05, 3.63) is 70.5 Å². The van der Waals surface area contributed by atoms with Crippen molar-refractivity contribution in [1.29, 1.82) is 0 Å². The largest absolute Gasteiger partial charge is 0.497 e. The quantitative estimate of drug-likeness (QED) is 0.336. The first-order valence-electron chi connectivity index (χ1n) is 11.3. The molecular weight excluding hydrogens is 454 g/mol. The Hall–Kier alpha value is -2.54. The number of hydrogen-bond donors (Lipinski definition) is 0. The van der Waals surface area contributed by atoms with Crippen LogP contribution in [0.1, 0.15) is 12.8 Å². The summed E-state index contributed by atoms with van der Waals surface area (Å²) in [6, 6.07) is 16.6. The average molecular weight is 484 g/mol. The molecule has 5 rings (SSSR count). The minimum absolute atomic E-state index is 0. The summed E-state index contributed by atoms with van der Waals surface area (Å²) in [6.45, 7) is 6.17. The Labute approximate surface area is 204 Å². The second kappa shape index (κ2) is 10.6. The number of unbranched alkanes of at least 4 members (excludes halogenated alkanes) is 1. The number of nitrogens with zero attached hydrogens (tertiary/aromatic N) is 3. The molecule has 7 heteroatoms. The van der Waals surface area contributed by atoms with Crippen molar-refractivity contribution in [3.63, 3.8) is 0 Å². The van der Waals surface area contributed by atoms with Gasteiger partial charge in [0.1, 0.15) is 5.75 Å². The van der Waals surface area contributed by atoms with E-state index in [1.807, 2.05) is 46.4 Å². The second-order valence-corrected chi connectivity index (χ2v) is 9.36. The molecule has 0 spiro atoms. The predicted octanol–water partition coefficient (Wildman–Crippen LogP) is 5.25. The van der Waals surface area contributed by atoms with Gasteiger partial charge in [-0.25, -0.2) is 0 Å². The molecule has 1 aliphatic rings. The van der Waals surface area contributed by atoms with E-state index in [9.17, 15) is 4.79 Å². The highest BCUT2D eigenvalue weighted by Crippen LogP contribution is 2.31. The minimum atomic E-state index is 0. The standard InChI is InChI=1S/C26H29N3O2S.ClH/c1-31-21-8-7-20-9-13-29(26(30)23(20)19-21)12-3-2-11-27-14-16-28(17-15-27)24-5-4-6-25-22(24)10-18-32-25;/h4-10,13,18-19H,2-3,11-12,14-17H2,1H3;1H. The maximum absolute atomic E-state index is 12.8. The zero-order chi connectivity index (χ0) is 21.9. The highest BCUT2D eigenvalue weighted by molar-refractivity contribution is 7.17. The van der Waals surface area contributed by atoms with E-state index in [0.29, 0.717) is 0 Å². The van der Waals surface area contributed by atoms with Crippen molar-refractivity contribution in [1.82, 2.24) is 9.47 Å². The van der Waals surface area contributed by atoms with E-state index >= 15 is 0 Å². The average Bonchev–Trinajstić information content (AvgIpc) is 3.32. The zero-order valence-corrected chi connectivity index (χ0v) is 20.5. The maximum Gasteiger partial charge on any atom is 0.258 e. The molecule has 5 nitrogen and oxygen atoms in total.